The molecule has 0 aliphatic carbocycles. The number of hydrogen-bond donors (Lipinski definition) is 1. The number of ketones is 1. The van der Waals surface area contributed by atoms with Crippen LogP contribution < -0.4 is 0 Å². The van der Waals surface area contributed by atoms with Gasteiger partial charge in [-0.3, -0.25) is 4.79 Å². The van der Waals surface area contributed by atoms with Crippen LogP contribution in [0.15, 0.2) is 35.6 Å². The zero-order valence-corrected chi connectivity index (χ0v) is 10.8. The van der Waals surface area contributed by atoms with E-state index in [9.17, 15) is 14.7 Å². The van der Waals surface area contributed by atoms with Crippen molar-refractivity contribution in [2.75, 3.05) is 6.61 Å². The fraction of sp³-hybridized carbons (Fsp3) is 0.231. The van der Waals surface area contributed by atoms with E-state index in [0.717, 1.165) is 0 Å². The van der Waals surface area contributed by atoms with Crippen molar-refractivity contribution in [3.63, 3.8) is 0 Å². The first-order valence-corrected chi connectivity index (χ1v) is 5.72. The number of hydrogen-bond acceptors (Lipinski definition) is 4. The van der Waals surface area contributed by atoms with Crippen LogP contribution in [0, 0.1) is 0 Å². The van der Waals surface area contributed by atoms with Gasteiger partial charge in [-0.2, -0.15) is 0 Å². The van der Waals surface area contributed by atoms with Crippen LogP contribution in [-0.4, -0.2) is 42.3 Å². The van der Waals surface area contributed by atoms with E-state index in [4.69, 9.17) is 11.6 Å². The van der Waals surface area contributed by atoms with Gasteiger partial charge in [-0.25, -0.2) is 4.79 Å². The van der Waals surface area contributed by atoms with Crippen molar-refractivity contribution in [1.82, 2.24) is 0 Å². The number of allylic oxidation sites excluding steroid dienone is 1. The molecule has 19 heavy (non-hydrogen) atoms. The molecular weight excluding hydrogens is 263 g/mol. The zero-order valence-electron chi connectivity index (χ0n) is 10.1. The second-order valence-corrected chi connectivity index (χ2v) is 3.97. The second-order valence-electron chi connectivity index (χ2n) is 3.53. The first-order valence-electron chi connectivity index (χ1n) is 5.34. The number of Topliss-reactive ketones (excluding diaryl/α,β-unsaturated/α-hetero) is 1. The van der Waals surface area contributed by atoms with Gasteiger partial charge in [0, 0.05) is 16.2 Å². The molecule has 0 aliphatic heterocycles. The molecule has 0 fully saturated rings. The summed E-state index contributed by atoms with van der Waals surface area (Å²) in [5.41, 5.74) is 0.281. The first kappa shape index (κ1) is 17.8. The van der Waals surface area contributed by atoms with E-state index < -0.39 is 17.5 Å². The topological polar surface area (TPSA) is 63.6 Å². The molecule has 0 aliphatic rings. The van der Waals surface area contributed by atoms with Crippen LogP contribution in [0.2, 0.25) is 5.02 Å². The number of benzene rings is 1. The molecular formula is C13H14ClLiO4. The third-order valence-corrected chi connectivity index (χ3v) is 2.52. The Balaban J connectivity index is 0.00000324. The standard InChI is InChI=1S/C13H13ClO4.Li.H/c1-3-18-13(17)12(16)8(2)11(15)9-4-6-10(14)7-5-9;;/h4-7,16H,3H2,1-2H3;;. The molecule has 1 N–H and O–H groups in total. The van der Waals surface area contributed by atoms with E-state index in [1.165, 1.54) is 19.1 Å². The number of esters is 1. The van der Waals surface area contributed by atoms with E-state index >= 15 is 0 Å². The summed E-state index contributed by atoms with van der Waals surface area (Å²) in [6.07, 6.45) is 0. The van der Waals surface area contributed by atoms with Crippen LogP contribution in [0.1, 0.15) is 24.2 Å². The van der Waals surface area contributed by atoms with E-state index in [2.05, 4.69) is 4.74 Å². The molecule has 1 aromatic rings. The van der Waals surface area contributed by atoms with E-state index in [1.54, 1.807) is 19.1 Å². The van der Waals surface area contributed by atoms with Crippen LogP contribution in [0.25, 0.3) is 0 Å². The van der Waals surface area contributed by atoms with E-state index in [1.807, 2.05) is 0 Å². The van der Waals surface area contributed by atoms with Gasteiger partial charge in [-0.1, -0.05) is 11.6 Å². The Labute approximate surface area is 128 Å². The maximum atomic E-state index is 11.9. The normalized spacial score (nSPS) is 11.1. The molecule has 0 saturated carbocycles. The summed E-state index contributed by atoms with van der Waals surface area (Å²) in [6.45, 7) is 3.11. The third-order valence-electron chi connectivity index (χ3n) is 2.27. The number of carbonyl (C=O) groups is 2. The number of halogens is 1. The Morgan fingerprint density at radius 1 is 1.26 bits per heavy atom. The fourth-order valence-corrected chi connectivity index (χ4v) is 1.40. The summed E-state index contributed by atoms with van der Waals surface area (Å²) in [6, 6.07) is 6.16. The van der Waals surface area contributed by atoms with Gasteiger partial charge in [0.1, 0.15) is 0 Å². The fourth-order valence-electron chi connectivity index (χ4n) is 1.28. The van der Waals surface area contributed by atoms with Crippen molar-refractivity contribution in [2.24, 2.45) is 0 Å². The van der Waals surface area contributed by atoms with E-state index in [0.29, 0.717) is 10.6 Å². The number of aliphatic hydroxyl groups excluding tert-OH is 1. The summed E-state index contributed by atoms with van der Waals surface area (Å²) < 4.78 is 4.61. The molecule has 6 heteroatoms. The van der Waals surface area contributed by atoms with Crippen LogP contribution in [0.4, 0.5) is 0 Å². The number of rotatable bonds is 4. The minimum atomic E-state index is -0.905. The summed E-state index contributed by atoms with van der Waals surface area (Å²) in [5.74, 6) is -2.02. The van der Waals surface area contributed by atoms with Crippen LogP contribution >= 0.6 is 11.6 Å². The van der Waals surface area contributed by atoms with Crippen LogP contribution in [0.5, 0.6) is 0 Å². The summed E-state index contributed by atoms with van der Waals surface area (Å²) in [7, 11) is 0. The first-order chi connectivity index (χ1) is 8.47. The van der Waals surface area contributed by atoms with Gasteiger partial charge < -0.3 is 9.84 Å². The molecule has 1 aromatic carbocycles. The van der Waals surface area contributed by atoms with Crippen molar-refractivity contribution in [3.8, 4) is 0 Å². The molecule has 0 aromatic heterocycles. The molecule has 0 amide bonds. The number of ether oxygens (including phenoxy) is 1. The van der Waals surface area contributed by atoms with Gasteiger partial charge in [0.15, 0.2) is 5.78 Å². The Kier molecular flexibility index (Phi) is 7.54. The molecule has 1 rings (SSSR count). The van der Waals surface area contributed by atoms with Gasteiger partial charge in [0.05, 0.1) is 6.61 Å². The van der Waals surface area contributed by atoms with Gasteiger partial charge in [0.2, 0.25) is 5.76 Å². The number of aliphatic hydroxyl groups is 1. The molecule has 0 saturated heterocycles. The van der Waals surface area contributed by atoms with Crippen molar-refractivity contribution in [1.29, 1.82) is 0 Å². The van der Waals surface area contributed by atoms with E-state index in [-0.39, 0.29) is 31.0 Å². The monoisotopic (exact) mass is 276 g/mol. The van der Waals surface area contributed by atoms with Crippen LogP contribution in [-0.2, 0) is 9.53 Å². The quantitative estimate of drug-likeness (QED) is 0.301. The molecule has 0 bridgehead atoms. The third kappa shape index (κ3) is 4.75. The Morgan fingerprint density at radius 2 is 1.79 bits per heavy atom. The molecule has 0 radical (unpaired) electrons. The molecule has 4 nitrogen and oxygen atoms in total. The Bertz CT molecular complexity index is 494. The molecule has 0 heterocycles. The van der Waals surface area contributed by atoms with Crippen molar-refractivity contribution in [3.05, 3.63) is 46.2 Å². The molecule has 0 unspecified atom stereocenters. The predicted molar refractivity (Wildman–Crippen MR) is 74.9 cm³/mol. The van der Waals surface area contributed by atoms with Crippen molar-refractivity contribution >= 4 is 42.2 Å². The van der Waals surface area contributed by atoms with Crippen molar-refractivity contribution < 1.29 is 19.4 Å². The molecule has 0 atom stereocenters. The van der Waals surface area contributed by atoms with Gasteiger partial charge in [-0.05, 0) is 38.1 Å². The van der Waals surface area contributed by atoms with Gasteiger partial charge in [0.25, 0.3) is 0 Å². The Hall–Kier alpha value is -1.21. The SMILES string of the molecule is CCOC(=O)C(O)=C(C)C(=O)c1ccc(Cl)cc1.[LiH]. The number of carbonyl (C=O) groups excluding carboxylic acids is 2. The summed E-state index contributed by atoms with van der Waals surface area (Å²) in [5, 5.41) is 10.1. The van der Waals surface area contributed by atoms with Crippen molar-refractivity contribution in [2.45, 2.75) is 13.8 Å². The van der Waals surface area contributed by atoms with Crippen LogP contribution in [0.3, 0.4) is 0 Å². The molecule has 0 spiro atoms. The Morgan fingerprint density at radius 3 is 2.26 bits per heavy atom. The zero-order chi connectivity index (χ0) is 13.7. The average Bonchev–Trinajstić information content (AvgIpc) is 2.37. The average molecular weight is 277 g/mol. The summed E-state index contributed by atoms with van der Waals surface area (Å²) >= 11 is 5.70. The molecule has 98 valence electrons. The van der Waals surface area contributed by atoms with Gasteiger partial charge in [-0.15, -0.1) is 0 Å². The summed E-state index contributed by atoms with van der Waals surface area (Å²) in [4.78, 5) is 23.2. The van der Waals surface area contributed by atoms with Gasteiger partial charge >= 0.3 is 24.8 Å². The second kappa shape index (κ2) is 8.06. The minimum absolute atomic E-state index is 0. The maximum absolute atomic E-state index is 11.9. The predicted octanol–water partition coefficient (Wildman–Crippen LogP) is 2.27.